The molecule has 0 spiro atoms. The molecule has 0 aliphatic carbocycles. The van der Waals surface area contributed by atoms with Gasteiger partial charge in [-0.3, -0.25) is 9.69 Å². The van der Waals surface area contributed by atoms with Crippen LogP contribution in [0.5, 0.6) is 5.75 Å². The van der Waals surface area contributed by atoms with Crippen molar-refractivity contribution < 1.29 is 18.7 Å². The second kappa shape index (κ2) is 10.9. The molecule has 1 N–H and O–H groups in total. The van der Waals surface area contributed by atoms with Gasteiger partial charge in [0, 0.05) is 48.8 Å². The molecule has 0 radical (unpaired) electrons. The molecule has 2 aromatic carbocycles. The van der Waals surface area contributed by atoms with Crippen LogP contribution in [0.1, 0.15) is 18.4 Å². The SMILES string of the molecule is COc1cc2ncnc(Nc3ccc(F)c(Cl)c3)c2cc1CC(=O)/C=C/CN1CCC2CCOC2C1. The summed E-state index contributed by atoms with van der Waals surface area (Å²) in [5, 5.41) is 3.89. The third kappa shape index (κ3) is 5.51. The third-order valence-corrected chi connectivity index (χ3v) is 7.14. The number of fused-ring (bicyclic) bond motifs is 2. The highest BCUT2D eigenvalue weighted by atomic mass is 35.5. The van der Waals surface area contributed by atoms with Gasteiger partial charge in [-0.15, -0.1) is 0 Å². The fourth-order valence-electron chi connectivity index (χ4n) is 4.93. The summed E-state index contributed by atoms with van der Waals surface area (Å²) in [5.41, 5.74) is 1.97. The van der Waals surface area contributed by atoms with E-state index in [1.807, 2.05) is 12.1 Å². The number of nitrogens with zero attached hydrogens (tertiary/aromatic N) is 3. The molecule has 3 heterocycles. The summed E-state index contributed by atoms with van der Waals surface area (Å²) in [6, 6.07) is 8.00. The lowest BCUT2D eigenvalue weighted by molar-refractivity contribution is -0.114. The van der Waals surface area contributed by atoms with Crippen molar-refractivity contribution in [3.05, 3.63) is 65.2 Å². The Morgan fingerprint density at radius 1 is 1.31 bits per heavy atom. The second-order valence-corrected chi connectivity index (χ2v) is 9.62. The van der Waals surface area contributed by atoms with E-state index in [1.165, 1.54) is 24.9 Å². The average Bonchev–Trinajstić information content (AvgIpc) is 3.34. The number of nitrogens with one attached hydrogen (secondary N) is 1. The normalized spacial score (nSPS) is 20.1. The zero-order valence-corrected chi connectivity index (χ0v) is 20.8. The summed E-state index contributed by atoms with van der Waals surface area (Å²) in [7, 11) is 1.57. The molecular weight excluding hydrogens is 483 g/mol. The van der Waals surface area contributed by atoms with Crippen LogP contribution in [0.4, 0.5) is 15.9 Å². The van der Waals surface area contributed by atoms with E-state index in [1.54, 1.807) is 25.3 Å². The van der Waals surface area contributed by atoms with Gasteiger partial charge in [0.05, 0.1) is 23.8 Å². The maximum absolute atomic E-state index is 13.5. The van der Waals surface area contributed by atoms with Crippen molar-refractivity contribution in [2.75, 3.05) is 38.7 Å². The van der Waals surface area contributed by atoms with Gasteiger partial charge in [0.1, 0.15) is 23.7 Å². The van der Waals surface area contributed by atoms with Crippen molar-refractivity contribution in [1.29, 1.82) is 0 Å². The standard InChI is InChI=1S/C27H28ClFN4O3/c1-35-25-14-24-21(27(31-16-30-24)32-19-4-5-23(29)22(28)13-19)12-18(25)11-20(34)3-2-8-33-9-6-17-7-10-36-26(17)15-33/h2-5,12-14,16-17,26H,6-11,15H2,1H3,(H,30,31,32)/b3-2+. The van der Waals surface area contributed by atoms with E-state index >= 15 is 0 Å². The molecule has 0 saturated carbocycles. The fourth-order valence-corrected chi connectivity index (χ4v) is 5.11. The van der Waals surface area contributed by atoms with E-state index in [2.05, 4.69) is 20.2 Å². The van der Waals surface area contributed by atoms with Crippen LogP contribution in [-0.4, -0.2) is 60.1 Å². The lowest BCUT2D eigenvalue weighted by Gasteiger charge is -2.33. The van der Waals surface area contributed by atoms with E-state index in [0.29, 0.717) is 40.2 Å². The van der Waals surface area contributed by atoms with E-state index in [4.69, 9.17) is 21.1 Å². The summed E-state index contributed by atoms with van der Waals surface area (Å²) < 4.78 is 24.9. The quantitative estimate of drug-likeness (QED) is 0.429. The Morgan fingerprint density at radius 2 is 2.19 bits per heavy atom. The van der Waals surface area contributed by atoms with Crippen LogP contribution >= 0.6 is 11.6 Å². The molecule has 9 heteroatoms. The van der Waals surface area contributed by atoms with Gasteiger partial charge in [-0.25, -0.2) is 14.4 Å². The highest BCUT2D eigenvalue weighted by Crippen LogP contribution is 2.31. The van der Waals surface area contributed by atoms with Crippen molar-refractivity contribution in [2.45, 2.75) is 25.4 Å². The molecule has 2 aliphatic rings. The van der Waals surface area contributed by atoms with Gasteiger partial charge in [0.25, 0.3) is 0 Å². The van der Waals surface area contributed by atoms with Gasteiger partial charge < -0.3 is 14.8 Å². The summed E-state index contributed by atoms with van der Waals surface area (Å²) >= 11 is 5.92. The topological polar surface area (TPSA) is 76.6 Å². The average molecular weight is 511 g/mol. The lowest BCUT2D eigenvalue weighted by Crippen LogP contribution is -2.42. The number of benzene rings is 2. The van der Waals surface area contributed by atoms with Crippen LogP contribution in [0.2, 0.25) is 5.02 Å². The largest absolute Gasteiger partial charge is 0.496 e. The monoisotopic (exact) mass is 510 g/mol. The first-order valence-electron chi connectivity index (χ1n) is 12.1. The Hall–Kier alpha value is -3.07. The number of carbonyl (C=O) groups excluding carboxylic acids is 1. The first-order valence-corrected chi connectivity index (χ1v) is 12.4. The molecule has 2 saturated heterocycles. The molecule has 36 heavy (non-hydrogen) atoms. The smallest absolute Gasteiger partial charge is 0.159 e. The van der Waals surface area contributed by atoms with E-state index in [9.17, 15) is 9.18 Å². The Balaban J connectivity index is 1.30. The first-order chi connectivity index (χ1) is 17.5. The minimum Gasteiger partial charge on any atom is -0.496 e. The molecule has 2 atom stereocenters. The molecular formula is C27H28ClFN4O3. The van der Waals surface area contributed by atoms with Gasteiger partial charge in [0.2, 0.25) is 0 Å². The lowest BCUT2D eigenvalue weighted by atomic mass is 9.93. The molecule has 0 amide bonds. The summed E-state index contributed by atoms with van der Waals surface area (Å²) in [6.07, 6.45) is 7.85. The van der Waals surface area contributed by atoms with Crippen molar-refractivity contribution in [1.82, 2.24) is 14.9 Å². The number of methoxy groups -OCH3 is 1. The maximum Gasteiger partial charge on any atom is 0.159 e. The minimum absolute atomic E-state index is 0.0123. The number of halogens is 2. The van der Waals surface area contributed by atoms with Crippen LogP contribution in [0.25, 0.3) is 10.9 Å². The zero-order chi connectivity index (χ0) is 25.1. The number of hydrogen-bond acceptors (Lipinski definition) is 7. The number of ketones is 1. The zero-order valence-electron chi connectivity index (χ0n) is 20.0. The molecule has 5 rings (SSSR count). The Morgan fingerprint density at radius 3 is 3.03 bits per heavy atom. The number of allylic oxidation sites excluding steroid dienone is 1. The molecule has 188 valence electrons. The number of likely N-dealkylation sites (tertiary alicyclic amines) is 1. The predicted molar refractivity (Wildman–Crippen MR) is 138 cm³/mol. The highest BCUT2D eigenvalue weighted by Gasteiger charge is 2.33. The predicted octanol–water partition coefficient (Wildman–Crippen LogP) is 4.95. The Labute approximate surface area is 214 Å². The number of ether oxygens (including phenoxy) is 2. The van der Waals surface area contributed by atoms with Gasteiger partial charge in [0.15, 0.2) is 5.78 Å². The Kier molecular flexibility index (Phi) is 7.46. The molecule has 1 aromatic heterocycles. The van der Waals surface area contributed by atoms with Crippen molar-refractivity contribution in [3.63, 3.8) is 0 Å². The molecule has 0 bridgehead atoms. The number of aromatic nitrogens is 2. The third-order valence-electron chi connectivity index (χ3n) is 6.85. The number of piperidine rings is 1. The second-order valence-electron chi connectivity index (χ2n) is 9.21. The molecule has 3 aromatic rings. The first kappa shape index (κ1) is 24.6. The molecule has 2 aliphatic heterocycles. The summed E-state index contributed by atoms with van der Waals surface area (Å²) in [4.78, 5) is 23.8. The van der Waals surface area contributed by atoms with Crippen LogP contribution in [-0.2, 0) is 16.0 Å². The molecule has 2 fully saturated rings. The molecule has 2 unspecified atom stereocenters. The Bertz CT molecular complexity index is 1300. The van der Waals surface area contributed by atoms with E-state index in [0.717, 1.165) is 38.2 Å². The molecule has 7 nitrogen and oxygen atoms in total. The van der Waals surface area contributed by atoms with Gasteiger partial charge in [-0.1, -0.05) is 17.7 Å². The maximum atomic E-state index is 13.5. The van der Waals surface area contributed by atoms with E-state index in [-0.39, 0.29) is 17.2 Å². The number of anilines is 2. The summed E-state index contributed by atoms with van der Waals surface area (Å²) in [6.45, 7) is 3.56. The summed E-state index contributed by atoms with van der Waals surface area (Å²) in [5.74, 6) is 1.28. The fraction of sp³-hybridized carbons (Fsp3) is 0.370. The van der Waals surface area contributed by atoms with Crippen molar-refractivity contribution >= 4 is 39.8 Å². The van der Waals surface area contributed by atoms with Crippen LogP contribution in [0, 0.1) is 11.7 Å². The van der Waals surface area contributed by atoms with Gasteiger partial charge in [-0.2, -0.15) is 0 Å². The number of hydrogen-bond donors (Lipinski definition) is 1. The van der Waals surface area contributed by atoms with Crippen molar-refractivity contribution in [3.8, 4) is 5.75 Å². The van der Waals surface area contributed by atoms with Gasteiger partial charge >= 0.3 is 0 Å². The van der Waals surface area contributed by atoms with Crippen LogP contribution in [0.3, 0.4) is 0 Å². The highest BCUT2D eigenvalue weighted by molar-refractivity contribution is 6.31. The van der Waals surface area contributed by atoms with Gasteiger partial charge in [-0.05, 0) is 55.6 Å². The van der Waals surface area contributed by atoms with Crippen LogP contribution < -0.4 is 10.1 Å². The number of rotatable bonds is 8. The number of carbonyl (C=O) groups is 1. The van der Waals surface area contributed by atoms with E-state index < -0.39 is 5.82 Å². The van der Waals surface area contributed by atoms with Crippen LogP contribution in [0.15, 0.2) is 48.8 Å². The minimum atomic E-state index is -0.496. The van der Waals surface area contributed by atoms with Crippen molar-refractivity contribution in [2.24, 2.45) is 5.92 Å².